The molecular formula is C15H16FNO2S. The van der Waals surface area contributed by atoms with Crippen LogP contribution in [0.25, 0.3) is 0 Å². The monoisotopic (exact) mass is 293 g/mol. The smallest absolute Gasteiger partial charge is 0.161 e. The summed E-state index contributed by atoms with van der Waals surface area (Å²) in [6.45, 7) is 0. The van der Waals surface area contributed by atoms with Crippen LogP contribution >= 0.6 is 11.8 Å². The third kappa shape index (κ3) is 3.36. The van der Waals surface area contributed by atoms with Gasteiger partial charge in [-0.15, -0.1) is 11.8 Å². The van der Waals surface area contributed by atoms with Gasteiger partial charge in [-0.1, -0.05) is 6.07 Å². The van der Waals surface area contributed by atoms with Gasteiger partial charge in [0.05, 0.1) is 14.2 Å². The first kappa shape index (κ1) is 14.5. The van der Waals surface area contributed by atoms with Gasteiger partial charge < -0.3 is 15.2 Å². The summed E-state index contributed by atoms with van der Waals surface area (Å²) in [7, 11) is 3.19. The SMILES string of the molecule is COc1ccc(CSc2cc(F)ccc2N)cc1OC. The molecule has 0 bridgehead atoms. The van der Waals surface area contributed by atoms with E-state index < -0.39 is 0 Å². The maximum absolute atomic E-state index is 13.2. The lowest BCUT2D eigenvalue weighted by atomic mass is 10.2. The number of thioether (sulfide) groups is 1. The van der Waals surface area contributed by atoms with Gasteiger partial charge in [0.15, 0.2) is 11.5 Å². The topological polar surface area (TPSA) is 44.5 Å². The van der Waals surface area contributed by atoms with Crippen molar-refractivity contribution >= 4 is 17.4 Å². The first-order valence-corrected chi connectivity index (χ1v) is 7.01. The Hall–Kier alpha value is -1.88. The molecular weight excluding hydrogens is 277 g/mol. The minimum absolute atomic E-state index is 0.283. The van der Waals surface area contributed by atoms with Crippen LogP contribution < -0.4 is 15.2 Å². The van der Waals surface area contributed by atoms with Crippen LogP contribution in [0.1, 0.15) is 5.56 Å². The van der Waals surface area contributed by atoms with Crippen molar-refractivity contribution in [3.05, 3.63) is 47.8 Å². The molecule has 2 N–H and O–H groups in total. The number of rotatable bonds is 5. The van der Waals surface area contributed by atoms with E-state index in [9.17, 15) is 4.39 Å². The molecule has 2 aromatic carbocycles. The maximum atomic E-state index is 13.2. The lowest BCUT2D eigenvalue weighted by Crippen LogP contribution is -1.93. The van der Waals surface area contributed by atoms with E-state index in [1.807, 2.05) is 18.2 Å². The Morgan fingerprint density at radius 3 is 2.50 bits per heavy atom. The molecule has 0 heterocycles. The molecule has 5 heteroatoms. The summed E-state index contributed by atoms with van der Waals surface area (Å²) >= 11 is 1.49. The van der Waals surface area contributed by atoms with Gasteiger partial charge in [0.2, 0.25) is 0 Å². The first-order valence-electron chi connectivity index (χ1n) is 6.02. The number of hydrogen-bond donors (Lipinski definition) is 1. The van der Waals surface area contributed by atoms with Crippen LogP contribution in [0, 0.1) is 5.82 Å². The molecule has 0 atom stereocenters. The van der Waals surface area contributed by atoms with Crippen LogP contribution in [-0.2, 0) is 5.75 Å². The minimum Gasteiger partial charge on any atom is -0.493 e. The van der Waals surface area contributed by atoms with Crippen molar-refractivity contribution in [2.24, 2.45) is 0 Å². The summed E-state index contributed by atoms with van der Waals surface area (Å²) in [6.07, 6.45) is 0. The molecule has 0 saturated heterocycles. The highest BCUT2D eigenvalue weighted by Gasteiger charge is 2.07. The Labute approximate surface area is 121 Å². The predicted octanol–water partition coefficient (Wildman–Crippen LogP) is 3.72. The highest BCUT2D eigenvalue weighted by Crippen LogP contribution is 2.32. The first-order chi connectivity index (χ1) is 9.63. The van der Waals surface area contributed by atoms with E-state index in [1.54, 1.807) is 20.3 Å². The van der Waals surface area contributed by atoms with Crippen LogP contribution in [-0.4, -0.2) is 14.2 Å². The van der Waals surface area contributed by atoms with Crippen molar-refractivity contribution in [3.63, 3.8) is 0 Å². The largest absolute Gasteiger partial charge is 0.493 e. The summed E-state index contributed by atoms with van der Waals surface area (Å²) in [5.74, 6) is 1.76. The highest BCUT2D eigenvalue weighted by atomic mass is 32.2. The summed E-state index contributed by atoms with van der Waals surface area (Å²) in [6, 6.07) is 10.1. The lowest BCUT2D eigenvalue weighted by molar-refractivity contribution is 0.354. The zero-order chi connectivity index (χ0) is 14.5. The third-order valence-corrected chi connectivity index (χ3v) is 3.96. The van der Waals surface area contributed by atoms with E-state index in [0.717, 1.165) is 10.5 Å². The molecule has 20 heavy (non-hydrogen) atoms. The molecule has 3 nitrogen and oxygen atoms in total. The second-order valence-electron chi connectivity index (χ2n) is 4.16. The summed E-state index contributed by atoms with van der Waals surface area (Å²) in [4.78, 5) is 0.736. The van der Waals surface area contributed by atoms with Gasteiger partial charge in [-0.05, 0) is 35.9 Å². The molecule has 0 radical (unpaired) electrons. The summed E-state index contributed by atoms with van der Waals surface area (Å²) in [5, 5.41) is 0. The van der Waals surface area contributed by atoms with Crippen LogP contribution in [0.15, 0.2) is 41.3 Å². The minimum atomic E-state index is -0.283. The van der Waals surface area contributed by atoms with Crippen molar-refractivity contribution in [2.45, 2.75) is 10.6 Å². The van der Waals surface area contributed by atoms with E-state index in [0.29, 0.717) is 22.9 Å². The molecule has 0 spiro atoms. The van der Waals surface area contributed by atoms with Crippen molar-refractivity contribution < 1.29 is 13.9 Å². The Balaban J connectivity index is 2.12. The molecule has 0 fully saturated rings. The number of halogens is 1. The molecule has 0 saturated carbocycles. The molecule has 0 aliphatic rings. The molecule has 0 aromatic heterocycles. The maximum Gasteiger partial charge on any atom is 0.161 e. The van der Waals surface area contributed by atoms with E-state index in [1.165, 1.54) is 23.9 Å². The number of ether oxygens (including phenoxy) is 2. The highest BCUT2D eigenvalue weighted by molar-refractivity contribution is 7.98. The van der Waals surface area contributed by atoms with Gasteiger partial charge in [-0.3, -0.25) is 0 Å². The second-order valence-corrected chi connectivity index (χ2v) is 5.18. The Bertz CT molecular complexity index is 604. The van der Waals surface area contributed by atoms with Gasteiger partial charge in [-0.25, -0.2) is 4.39 Å². The number of benzene rings is 2. The number of hydrogen-bond acceptors (Lipinski definition) is 4. The average molecular weight is 293 g/mol. The third-order valence-electron chi connectivity index (χ3n) is 2.82. The lowest BCUT2D eigenvalue weighted by Gasteiger charge is -2.10. The van der Waals surface area contributed by atoms with Gasteiger partial charge in [0.25, 0.3) is 0 Å². The van der Waals surface area contributed by atoms with Crippen LogP contribution in [0.5, 0.6) is 11.5 Å². The molecule has 0 aliphatic carbocycles. The normalized spacial score (nSPS) is 10.3. The van der Waals surface area contributed by atoms with E-state index >= 15 is 0 Å². The van der Waals surface area contributed by atoms with Gasteiger partial charge in [0, 0.05) is 16.3 Å². The number of nitrogens with two attached hydrogens (primary N) is 1. The number of anilines is 1. The molecule has 0 aliphatic heterocycles. The van der Waals surface area contributed by atoms with E-state index in [-0.39, 0.29) is 5.82 Å². The van der Waals surface area contributed by atoms with Crippen molar-refractivity contribution in [1.29, 1.82) is 0 Å². The van der Waals surface area contributed by atoms with Crippen molar-refractivity contribution in [1.82, 2.24) is 0 Å². The summed E-state index contributed by atoms with van der Waals surface area (Å²) in [5.41, 5.74) is 7.46. The van der Waals surface area contributed by atoms with Gasteiger partial charge >= 0.3 is 0 Å². The van der Waals surface area contributed by atoms with Crippen molar-refractivity contribution in [3.8, 4) is 11.5 Å². The molecule has 0 unspecified atom stereocenters. The Morgan fingerprint density at radius 1 is 1.05 bits per heavy atom. The summed E-state index contributed by atoms with van der Waals surface area (Å²) < 4.78 is 23.6. The Morgan fingerprint density at radius 2 is 1.80 bits per heavy atom. The van der Waals surface area contributed by atoms with Crippen LogP contribution in [0.2, 0.25) is 0 Å². The van der Waals surface area contributed by atoms with E-state index in [4.69, 9.17) is 15.2 Å². The zero-order valence-corrected chi connectivity index (χ0v) is 12.2. The number of nitrogen functional groups attached to an aromatic ring is 1. The van der Waals surface area contributed by atoms with Crippen LogP contribution in [0.4, 0.5) is 10.1 Å². The molecule has 2 rings (SSSR count). The predicted molar refractivity (Wildman–Crippen MR) is 79.9 cm³/mol. The fraction of sp³-hybridized carbons (Fsp3) is 0.200. The number of methoxy groups -OCH3 is 2. The standard InChI is InChI=1S/C15H16FNO2S/c1-18-13-6-3-10(7-14(13)19-2)9-20-15-8-11(16)4-5-12(15)17/h3-8H,9,17H2,1-2H3. The molecule has 0 amide bonds. The van der Waals surface area contributed by atoms with Gasteiger partial charge in [0.1, 0.15) is 5.82 Å². The van der Waals surface area contributed by atoms with Crippen molar-refractivity contribution in [2.75, 3.05) is 20.0 Å². The van der Waals surface area contributed by atoms with E-state index in [2.05, 4.69) is 0 Å². The fourth-order valence-electron chi connectivity index (χ4n) is 1.76. The average Bonchev–Trinajstić information content (AvgIpc) is 2.47. The molecule has 106 valence electrons. The van der Waals surface area contributed by atoms with Gasteiger partial charge in [-0.2, -0.15) is 0 Å². The Kier molecular flexibility index (Phi) is 4.74. The fourth-order valence-corrected chi connectivity index (χ4v) is 2.70. The molecule has 2 aromatic rings. The zero-order valence-electron chi connectivity index (χ0n) is 11.4. The quantitative estimate of drug-likeness (QED) is 0.674. The second kappa shape index (κ2) is 6.52. The van der Waals surface area contributed by atoms with Crippen LogP contribution in [0.3, 0.4) is 0 Å².